The van der Waals surface area contributed by atoms with E-state index < -0.39 is 0 Å². The molecule has 1 fully saturated rings. The van der Waals surface area contributed by atoms with Crippen LogP contribution in [0.4, 0.5) is 11.4 Å². The maximum Gasteiger partial charge on any atom is 0.187 e. The first-order valence-corrected chi connectivity index (χ1v) is 8.14. The van der Waals surface area contributed by atoms with E-state index >= 15 is 0 Å². The number of anilines is 2. The lowest BCUT2D eigenvalue weighted by Gasteiger charge is -2.18. The van der Waals surface area contributed by atoms with Crippen LogP contribution in [0.3, 0.4) is 0 Å². The van der Waals surface area contributed by atoms with Gasteiger partial charge in [-0.15, -0.1) is 0 Å². The number of carbonyl (C=O) groups is 1. The summed E-state index contributed by atoms with van der Waals surface area (Å²) in [7, 11) is 0. The van der Waals surface area contributed by atoms with Crippen molar-refractivity contribution in [2.75, 3.05) is 23.7 Å². The number of rotatable bonds is 4. The Morgan fingerprint density at radius 2 is 1.91 bits per heavy atom. The number of nitrogen functional groups attached to an aromatic ring is 1. The van der Waals surface area contributed by atoms with Crippen LogP contribution in [-0.2, 0) is 0 Å². The Bertz CT molecular complexity index is 749. The Kier molecular flexibility index (Phi) is 4.68. The molecule has 1 heterocycles. The summed E-state index contributed by atoms with van der Waals surface area (Å²) in [6.07, 6.45) is 5.70. The molecule has 1 aliphatic heterocycles. The molecule has 2 N–H and O–H groups in total. The van der Waals surface area contributed by atoms with Crippen molar-refractivity contribution in [3.05, 3.63) is 64.7 Å². The summed E-state index contributed by atoms with van der Waals surface area (Å²) < 4.78 is 0. The zero-order chi connectivity index (χ0) is 16.2. The van der Waals surface area contributed by atoms with Gasteiger partial charge in [-0.05, 0) is 54.8 Å². The smallest absolute Gasteiger partial charge is 0.187 e. The van der Waals surface area contributed by atoms with Crippen molar-refractivity contribution < 1.29 is 4.79 Å². The predicted molar refractivity (Wildman–Crippen MR) is 97.1 cm³/mol. The first-order valence-electron chi connectivity index (χ1n) is 7.76. The Hall–Kier alpha value is -2.26. The summed E-state index contributed by atoms with van der Waals surface area (Å²) in [5.74, 6) is -0.0940. The van der Waals surface area contributed by atoms with Crippen LogP contribution in [0.2, 0.25) is 5.02 Å². The van der Waals surface area contributed by atoms with Gasteiger partial charge >= 0.3 is 0 Å². The fraction of sp³-hybridized carbons (Fsp3) is 0.211. The molecule has 0 atom stereocenters. The van der Waals surface area contributed by atoms with E-state index in [0.717, 1.165) is 24.3 Å². The Morgan fingerprint density at radius 3 is 2.65 bits per heavy atom. The van der Waals surface area contributed by atoms with Crippen molar-refractivity contribution in [2.24, 2.45) is 0 Å². The highest BCUT2D eigenvalue weighted by Crippen LogP contribution is 2.25. The number of allylic oxidation sites excluding steroid dienone is 1. The van der Waals surface area contributed by atoms with Gasteiger partial charge < -0.3 is 10.6 Å². The summed E-state index contributed by atoms with van der Waals surface area (Å²) in [6, 6.07) is 13.1. The van der Waals surface area contributed by atoms with Crippen molar-refractivity contribution in [1.82, 2.24) is 0 Å². The SMILES string of the molecule is Nc1ccc(N2CCCC2)cc1C(=O)/C=C/c1cccc(Cl)c1. The van der Waals surface area contributed by atoms with E-state index in [9.17, 15) is 4.79 Å². The molecular formula is C19H19ClN2O. The highest BCUT2D eigenvalue weighted by molar-refractivity contribution is 6.30. The van der Waals surface area contributed by atoms with Gasteiger partial charge in [0.25, 0.3) is 0 Å². The molecule has 0 radical (unpaired) electrons. The molecule has 1 saturated heterocycles. The number of carbonyl (C=O) groups excluding carboxylic acids is 1. The van der Waals surface area contributed by atoms with Crippen molar-refractivity contribution in [3.8, 4) is 0 Å². The van der Waals surface area contributed by atoms with Gasteiger partial charge in [-0.2, -0.15) is 0 Å². The average Bonchev–Trinajstić information content (AvgIpc) is 3.07. The maximum absolute atomic E-state index is 12.5. The number of ketones is 1. The van der Waals surface area contributed by atoms with Crippen LogP contribution in [0.5, 0.6) is 0 Å². The van der Waals surface area contributed by atoms with Gasteiger partial charge in [0.15, 0.2) is 5.78 Å². The van der Waals surface area contributed by atoms with Crippen LogP contribution in [0.15, 0.2) is 48.5 Å². The van der Waals surface area contributed by atoms with E-state index in [1.54, 1.807) is 18.2 Å². The van der Waals surface area contributed by atoms with Crippen LogP contribution in [0, 0.1) is 0 Å². The number of nitrogens with zero attached hydrogens (tertiary/aromatic N) is 1. The minimum absolute atomic E-state index is 0.0940. The zero-order valence-electron chi connectivity index (χ0n) is 12.8. The Morgan fingerprint density at radius 1 is 1.13 bits per heavy atom. The molecule has 1 aliphatic rings. The predicted octanol–water partition coefficient (Wildman–Crippen LogP) is 4.42. The number of nitrogens with two attached hydrogens (primary N) is 1. The molecule has 0 amide bonds. The lowest BCUT2D eigenvalue weighted by Crippen LogP contribution is -2.18. The molecule has 0 spiro atoms. The largest absolute Gasteiger partial charge is 0.398 e. The molecular weight excluding hydrogens is 308 g/mol. The number of halogens is 1. The number of hydrogen-bond acceptors (Lipinski definition) is 3. The van der Waals surface area contributed by atoms with Crippen molar-refractivity contribution in [1.29, 1.82) is 0 Å². The van der Waals surface area contributed by atoms with Crippen molar-refractivity contribution in [3.63, 3.8) is 0 Å². The molecule has 3 nitrogen and oxygen atoms in total. The van der Waals surface area contributed by atoms with Crippen molar-refractivity contribution >= 4 is 34.8 Å². The van der Waals surface area contributed by atoms with Crippen LogP contribution in [0.25, 0.3) is 6.08 Å². The fourth-order valence-corrected chi connectivity index (χ4v) is 3.00. The van der Waals surface area contributed by atoms with Crippen molar-refractivity contribution in [2.45, 2.75) is 12.8 Å². The van der Waals surface area contributed by atoms with Crippen LogP contribution < -0.4 is 10.6 Å². The summed E-state index contributed by atoms with van der Waals surface area (Å²) >= 11 is 5.95. The second-order valence-electron chi connectivity index (χ2n) is 5.72. The van der Waals surface area contributed by atoms with E-state index in [2.05, 4.69) is 4.90 Å². The minimum atomic E-state index is -0.0940. The van der Waals surface area contributed by atoms with E-state index in [1.165, 1.54) is 12.8 Å². The number of hydrogen-bond donors (Lipinski definition) is 1. The summed E-state index contributed by atoms with van der Waals surface area (Å²) in [5, 5.41) is 0.648. The molecule has 0 unspecified atom stereocenters. The summed E-state index contributed by atoms with van der Waals surface area (Å²) in [4.78, 5) is 14.8. The quantitative estimate of drug-likeness (QED) is 0.514. The van der Waals surface area contributed by atoms with E-state index in [1.807, 2.05) is 36.4 Å². The second kappa shape index (κ2) is 6.88. The standard InChI is InChI=1S/C19H19ClN2O/c20-15-5-3-4-14(12-15)6-9-19(23)17-13-16(7-8-18(17)21)22-10-1-2-11-22/h3-9,12-13H,1-2,10-11,21H2/b9-6+. The third-order valence-electron chi connectivity index (χ3n) is 4.05. The summed E-state index contributed by atoms with van der Waals surface area (Å²) in [5.41, 5.74) is 9.00. The highest BCUT2D eigenvalue weighted by atomic mass is 35.5. The average molecular weight is 327 g/mol. The van der Waals surface area contributed by atoms with Crippen LogP contribution in [0.1, 0.15) is 28.8 Å². The van der Waals surface area contributed by atoms with Gasteiger partial charge in [0.05, 0.1) is 0 Å². The molecule has 0 aliphatic carbocycles. The maximum atomic E-state index is 12.5. The molecule has 0 saturated carbocycles. The molecule has 4 heteroatoms. The normalized spacial score (nSPS) is 14.6. The fourth-order valence-electron chi connectivity index (χ4n) is 2.80. The molecule has 3 rings (SSSR count). The monoisotopic (exact) mass is 326 g/mol. The van der Waals surface area contributed by atoms with Gasteiger partial charge in [0, 0.05) is 35.1 Å². The van der Waals surface area contributed by atoms with Crippen LogP contribution in [-0.4, -0.2) is 18.9 Å². The van der Waals surface area contributed by atoms with E-state index in [4.69, 9.17) is 17.3 Å². The first kappa shape index (κ1) is 15.6. The van der Waals surface area contributed by atoms with Gasteiger partial charge in [-0.1, -0.05) is 29.8 Å². The Balaban J connectivity index is 1.82. The van der Waals surface area contributed by atoms with Gasteiger partial charge in [-0.3, -0.25) is 4.79 Å². The molecule has 23 heavy (non-hydrogen) atoms. The molecule has 2 aromatic carbocycles. The van der Waals surface area contributed by atoms with Gasteiger partial charge in [0.1, 0.15) is 0 Å². The molecule has 2 aromatic rings. The van der Waals surface area contributed by atoms with E-state index in [-0.39, 0.29) is 5.78 Å². The lowest BCUT2D eigenvalue weighted by atomic mass is 10.1. The second-order valence-corrected chi connectivity index (χ2v) is 6.15. The first-order chi connectivity index (χ1) is 11.1. The molecule has 0 aromatic heterocycles. The molecule has 118 valence electrons. The topological polar surface area (TPSA) is 46.3 Å². The minimum Gasteiger partial charge on any atom is -0.398 e. The van der Waals surface area contributed by atoms with Crippen LogP contribution >= 0.6 is 11.6 Å². The molecule has 0 bridgehead atoms. The van der Waals surface area contributed by atoms with Gasteiger partial charge in [0.2, 0.25) is 0 Å². The third-order valence-corrected chi connectivity index (χ3v) is 4.28. The Labute approximate surface area is 141 Å². The van der Waals surface area contributed by atoms with Gasteiger partial charge in [-0.25, -0.2) is 0 Å². The summed E-state index contributed by atoms with van der Waals surface area (Å²) in [6.45, 7) is 2.08. The highest BCUT2D eigenvalue weighted by Gasteiger charge is 2.15. The van der Waals surface area contributed by atoms with E-state index in [0.29, 0.717) is 16.3 Å². The zero-order valence-corrected chi connectivity index (χ0v) is 13.6. The number of benzene rings is 2. The third kappa shape index (κ3) is 3.74. The lowest BCUT2D eigenvalue weighted by molar-refractivity contribution is 0.104.